The van der Waals surface area contributed by atoms with Crippen LogP contribution in [-0.2, 0) is 0 Å². The molecule has 0 amide bonds. The predicted octanol–water partition coefficient (Wildman–Crippen LogP) is 3.07. The van der Waals surface area contributed by atoms with Gasteiger partial charge in [-0.05, 0) is 18.4 Å². The normalized spacial score (nSPS) is 11.0. The van der Waals surface area contributed by atoms with Crippen molar-refractivity contribution >= 4 is 0 Å². The monoisotopic (exact) mass is 217 g/mol. The van der Waals surface area contributed by atoms with E-state index in [4.69, 9.17) is 4.52 Å². The average Bonchev–Trinajstić information content (AvgIpc) is 2.61. The third-order valence-corrected chi connectivity index (χ3v) is 2.70. The van der Waals surface area contributed by atoms with Crippen LogP contribution in [0.15, 0.2) is 33.6 Å². The number of benzene rings is 1. The summed E-state index contributed by atoms with van der Waals surface area (Å²) in [6.07, 6.45) is 0. The Morgan fingerprint density at radius 2 is 1.94 bits per heavy atom. The highest BCUT2D eigenvalue weighted by molar-refractivity contribution is 5.65. The van der Waals surface area contributed by atoms with E-state index in [1.165, 1.54) is 0 Å². The Balaban J connectivity index is 2.66. The number of hydrogen-bond donors (Lipinski definition) is 1. The first-order valence-corrected chi connectivity index (χ1v) is 5.38. The van der Waals surface area contributed by atoms with E-state index in [1.54, 1.807) is 0 Å². The minimum Gasteiger partial charge on any atom is -0.378 e. The Morgan fingerprint density at radius 1 is 1.25 bits per heavy atom. The summed E-state index contributed by atoms with van der Waals surface area (Å²) in [6.45, 7) is 5.98. The van der Waals surface area contributed by atoms with Crippen molar-refractivity contribution in [3.8, 4) is 11.3 Å². The minimum atomic E-state index is -0.131. The first-order chi connectivity index (χ1) is 7.61. The second kappa shape index (κ2) is 4.00. The van der Waals surface area contributed by atoms with Crippen LogP contribution in [-0.4, -0.2) is 5.16 Å². The van der Waals surface area contributed by atoms with Crippen LogP contribution < -0.4 is 5.56 Å². The zero-order valence-corrected chi connectivity index (χ0v) is 9.70. The van der Waals surface area contributed by atoms with Crippen molar-refractivity contribution in [3.63, 3.8) is 0 Å². The minimum absolute atomic E-state index is 0.131. The van der Waals surface area contributed by atoms with Gasteiger partial charge in [-0.1, -0.05) is 38.1 Å². The maximum atomic E-state index is 11.6. The SMILES string of the molecule is Cc1ccccc1-c1o[nH]c(=O)c1C(C)C. The number of nitrogens with one attached hydrogen (secondary N) is 1. The molecule has 2 aromatic rings. The zero-order valence-electron chi connectivity index (χ0n) is 9.70. The van der Waals surface area contributed by atoms with Crippen LogP contribution in [0.25, 0.3) is 11.3 Å². The summed E-state index contributed by atoms with van der Waals surface area (Å²) >= 11 is 0. The van der Waals surface area contributed by atoms with Gasteiger partial charge in [-0.3, -0.25) is 4.79 Å². The number of aromatic amines is 1. The quantitative estimate of drug-likeness (QED) is 0.840. The van der Waals surface area contributed by atoms with Crippen LogP contribution in [0.1, 0.15) is 30.9 Å². The van der Waals surface area contributed by atoms with Gasteiger partial charge in [-0.2, -0.15) is 5.16 Å². The fourth-order valence-electron chi connectivity index (χ4n) is 1.86. The summed E-state index contributed by atoms with van der Waals surface area (Å²) in [5.41, 5.74) is 2.67. The molecule has 1 aromatic heterocycles. The Labute approximate surface area is 94.1 Å². The topological polar surface area (TPSA) is 46.0 Å². The molecular weight excluding hydrogens is 202 g/mol. The largest absolute Gasteiger partial charge is 0.378 e. The fraction of sp³-hybridized carbons (Fsp3) is 0.308. The number of rotatable bonds is 2. The van der Waals surface area contributed by atoms with Crippen molar-refractivity contribution < 1.29 is 4.52 Å². The van der Waals surface area contributed by atoms with E-state index in [1.807, 2.05) is 45.0 Å². The van der Waals surface area contributed by atoms with Crippen molar-refractivity contribution in [1.29, 1.82) is 0 Å². The van der Waals surface area contributed by atoms with Gasteiger partial charge in [0.1, 0.15) is 0 Å². The van der Waals surface area contributed by atoms with Crippen molar-refractivity contribution in [3.05, 3.63) is 45.7 Å². The van der Waals surface area contributed by atoms with E-state index >= 15 is 0 Å². The summed E-state index contributed by atoms with van der Waals surface area (Å²) in [6, 6.07) is 7.89. The number of H-pyrrole nitrogens is 1. The van der Waals surface area contributed by atoms with Crippen LogP contribution in [0.5, 0.6) is 0 Å². The van der Waals surface area contributed by atoms with E-state index < -0.39 is 0 Å². The van der Waals surface area contributed by atoms with Crippen LogP contribution >= 0.6 is 0 Å². The summed E-state index contributed by atoms with van der Waals surface area (Å²) in [7, 11) is 0. The Bertz CT molecular complexity index is 549. The standard InChI is InChI=1S/C13H15NO2/c1-8(2)11-12(16-14-13(11)15)10-7-5-4-6-9(10)3/h4-8H,1-3H3,(H,14,15). The molecule has 0 aliphatic heterocycles. The first kappa shape index (κ1) is 10.7. The predicted molar refractivity (Wildman–Crippen MR) is 63.6 cm³/mol. The Hall–Kier alpha value is -1.77. The van der Waals surface area contributed by atoms with Crippen molar-refractivity contribution in [1.82, 2.24) is 5.16 Å². The maximum Gasteiger partial charge on any atom is 0.283 e. The highest BCUT2D eigenvalue weighted by Crippen LogP contribution is 2.28. The smallest absolute Gasteiger partial charge is 0.283 e. The molecule has 0 atom stereocenters. The summed E-state index contributed by atoms with van der Waals surface area (Å²) in [4.78, 5) is 11.6. The number of hydrogen-bond acceptors (Lipinski definition) is 2. The highest BCUT2D eigenvalue weighted by atomic mass is 16.5. The maximum absolute atomic E-state index is 11.6. The average molecular weight is 217 g/mol. The lowest BCUT2D eigenvalue weighted by Crippen LogP contribution is -2.07. The molecule has 3 heteroatoms. The molecule has 0 fully saturated rings. The van der Waals surface area contributed by atoms with Crippen LogP contribution in [0.4, 0.5) is 0 Å². The summed E-state index contributed by atoms with van der Waals surface area (Å²) in [5, 5.41) is 2.41. The molecule has 0 saturated carbocycles. The lowest BCUT2D eigenvalue weighted by molar-refractivity contribution is 0.425. The van der Waals surface area contributed by atoms with Gasteiger partial charge in [-0.15, -0.1) is 0 Å². The van der Waals surface area contributed by atoms with Crippen molar-refractivity contribution in [2.24, 2.45) is 0 Å². The Kier molecular flexibility index (Phi) is 2.69. The first-order valence-electron chi connectivity index (χ1n) is 5.38. The van der Waals surface area contributed by atoms with Crippen LogP contribution in [0, 0.1) is 6.92 Å². The van der Waals surface area contributed by atoms with Gasteiger partial charge in [0.15, 0.2) is 5.76 Å². The molecule has 0 bridgehead atoms. The van der Waals surface area contributed by atoms with Gasteiger partial charge < -0.3 is 4.52 Å². The van der Waals surface area contributed by atoms with Gasteiger partial charge >= 0.3 is 0 Å². The van der Waals surface area contributed by atoms with Crippen molar-refractivity contribution in [2.75, 3.05) is 0 Å². The third kappa shape index (κ3) is 1.69. The third-order valence-electron chi connectivity index (χ3n) is 2.70. The molecule has 1 heterocycles. The molecule has 0 aliphatic rings. The van der Waals surface area contributed by atoms with E-state index in [0.29, 0.717) is 11.3 Å². The molecule has 1 N–H and O–H groups in total. The van der Waals surface area contributed by atoms with Gasteiger partial charge in [0.2, 0.25) is 0 Å². The highest BCUT2D eigenvalue weighted by Gasteiger charge is 2.18. The summed E-state index contributed by atoms with van der Waals surface area (Å²) in [5.74, 6) is 0.815. The molecule has 3 nitrogen and oxygen atoms in total. The number of aromatic nitrogens is 1. The molecule has 0 unspecified atom stereocenters. The molecule has 1 aromatic carbocycles. The van der Waals surface area contributed by atoms with Gasteiger partial charge in [0.25, 0.3) is 5.56 Å². The second-order valence-corrected chi connectivity index (χ2v) is 4.25. The second-order valence-electron chi connectivity index (χ2n) is 4.25. The van der Waals surface area contributed by atoms with Gasteiger partial charge in [0, 0.05) is 5.56 Å². The lowest BCUT2D eigenvalue weighted by Gasteiger charge is -2.05. The molecule has 16 heavy (non-hydrogen) atoms. The van der Waals surface area contributed by atoms with Gasteiger partial charge in [0.05, 0.1) is 5.56 Å². The fourth-order valence-corrected chi connectivity index (χ4v) is 1.86. The zero-order chi connectivity index (χ0) is 11.7. The summed E-state index contributed by atoms with van der Waals surface area (Å²) < 4.78 is 5.29. The van der Waals surface area contributed by atoms with Crippen LogP contribution in [0.2, 0.25) is 0 Å². The van der Waals surface area contributed by atoms with Gasteiger partial charge in [-0.25, -0.2) is 0 Å². The number of aryl methyl sites for hydroxylation is 1. The van der Waals surface area contributed by atoms with E-state index in [-0.39, 0.29) is 11.5 Å². The van der Waals surface area contributed by atoms with Crippen LogP contribution in [0.3, 0.4) is 0 Å². The molecule has 84 valence electrons. The van der Waals surface area contributed by atoms with Crippen molar-refractivity contribution in [2.45, 2.75) is 26.7 Å². The molecule has 0 radical (unpaired) electrons. The Morgan fingerprint density at radius 3 is 2.56 bits per heavy atom. The molecule has 0 saturated heterocycles. The molecule has 0 spiro atoms. The van der Waals surface area contributed by atoms with E-state index in [2.05, 4.69) is 5.16 Å². The van der Waals surface area contributed by atoms with E-state index in [9.17, 15) is 4.79 Å². The van der Waals surface area contributed by atoms with E-state index in [0.717, 1.165) is 11.1 Å². The molecule has 0 aliphatic carbocycles. The lowest BCUT2D eigenvalue weighted by atomic mass is 9.98. The molecule has 2 rings (SSSR count). The molecular formula is C13H15NO2.